The monoisotopic (exact) mass is 367 g/mol. The molecule has 0 spiro atoms. The molecule has 0 aliphatic rings. The summed E-state index contributed by atoms with van der Waals surface area (Å²) in [7, 11) is 0. The van der Waals surface area contributed by atoms with Crippen molar-refractivity contribution in [3.05, 3.63) is 54.1 Å². The van der Waals surface area contributed by atoms with Crippen LogP contribution in [-0.4, -0.2) is 29.4 Å². The van der Waals surface area contributed by atoms with E-state index < -0.39 is 0 Å². The number of hydrogen-bond acceptors (Lipinski definition) is 6. The number of nitrogens with zero attached hydrogens (tertiary/aromatic N) is 2. The van der Waals surface area contributed by atoms with Gasteiger partial charge in [0.2, 0.25) is 5.82 Å². The summed E-state index contributed by atoms with van der Waals surface area (Å²) in [6.45, 7) is 5.19. The SMILES string of the molecule is CCCOc1ccc(C(=O)Nc2nonc2-c2ccc(OCC)cc2)cc1. The third-order valence-electron chi connectivity index (χ3n) is 3.75. The first kappa shape index (κ1) is 18.4. The average molecular weight is 367 g/mol. The summed E-state index contributed by atoms with van der Waals surface area (Å²) in [6, 6.07) is 14.2. The normalized spacial score (nSPS) is 10.4. The molecule has 2 aromatic carbocycles. The fraction of sp³-hybridized carbons (Fsp3) is 0.250. The van der Waals surface area contributed by atoms with Crippen LogP contribution in [0, 0.1) is 0 Å². The molecule has 0 unspecified atom stereocenters. The van der Waals surface area contributed by atoms with E-state index in [-0.39, 0.29) is 11.7 Å². The van der Waals surface area contributed by atoms with Crippen molar-refractivity contribution in [3.63, 3.8) is 0 Å². The third kappa shape index (κ3) is 4.63. The summed E-state index contributed by atoms with van der Waals surface area (Å²) in [4.78, 5) is 12.5. The Balaban J connectivity index is 1.71. The average Bonchev–Trinajstić information content (AvgIpc) is 3.15. The van der Waals surface area contributed by atoms with Crippen LogP contribution in [0.5, 0.6) is 11.5 Å². The number of amides is 1. The lowest BCUT2D eigenvalue weighted by atomic mass is 10.1. The molecule has 0 saturated carbocycles. The molecule has 0 aliphatic heterocycles. The number of ether oxygens (including phenoxy) is 2. The van der Waals surface area contributed by atoms with Crippen molar-refractivity contribution in [2.75, 3.05) is 18.5 Å². The molecule has 140 valence electrons. The van der Waals surface area contributed by atoms with Gasteiger partial charge in [0.1, 0.15) is 11.5 Å². The predicted molar refractivity (Wildman–Crippen MR) is 101 cm³/mol. The lowest BCUT2D eigenvalue weighted by Crippen LogP contribution is -2.12. The molecule has 0 bridgehead atoms. The molecule has 0 fully saturated rings. The molecule has 3 rings (SSSR count). The Kier molecular flexibility index (Phi) is 6.04. The van der Waals surface area contributed by atoms with E-state index in [1.165, 1.54) is 0 Å². The molecule has 0 aliphatic carbocycles. The Bertz CT molecular complexity index is 873. The number of hydrogen-bond donors (Lipinski definition) is 1. The Hall–Kier alpha value is -3.35. The number of rotatable bonds is 8. The van der Waals surface area contributed by atoms with Crippen LogP contribution >= 0.6 is 0 Å². The molecular formula is C20H21N3O4. The lowest BCUT2D eigenvalue weighted by molar-refractivity contribution is 0.102. The van der Waals surface area contributed by atoms with E-state index >= 15 is 0 Å². The number of carbonyl (C=O) groups excluding carboxylic acids is 1. The van der Waals surface area contributed by atoms with Gasteiger partial charge < -0.3 is 14.8 Å². The quantitative estimate of drug-likeness (QED) is 0.643. The van der Waals surface area contributed by atoms with E-state index in [9.17, 15) is 4.79 Å². The maximum atomic E-state index is 12.5. The van der Waals surface area contributed by atoms with E-state index in [1.807, 2.05) is 38.1 Å². The first-order valence-electron chi connectivity index (χ1n) is 8.81. The molecular weight excluding hydrogens is 346 g/mol. The summed E-state index contributed by atoms with van der Waals surface area (Å²) in [5.74, 6) is 1.44. The van der Waals surface area contributed by atoms with Crippen molar-refractivity contribution in [2.45, 2.75) is 20.3 Å². The largest absolute Gasteiger partial charge is 0.494 e. The van der Waals surface area contributed by atoms with Crippen LogP contribution in [0.2, 0.25) is 0 Å². The first-order valence-corrected chi connectivity index (χ1v) is 8.81. The number of aromatic nitrogens is 2. The highest BCUT2D eigenvalue weighted by molar-refractivity contribution is 6.05. The van der Waals surface area contributed by atoms with Crippen molar-refractivity contribution >= 4 is 11.7 Å². The summed E-state index contributed by atoms with van der Waals surface area (Å²) in [6.07, 6.45) is 0.926. The van der Waals surface area contributed by atoms with Gasteiger partial charge in [0.25, 0.3) is 5.91 Å². The minimum atomic E-state index is -0.306. The van der Waals surface area contributed by atoms with Crippen LogP contribution < -0.4 is 14.8 Å². The molecule has 0 saturated heterocycles. The predicted octanol–water partition coefficient (Wildman–Crippen LogP) is 4.18. The van der Waals surface area contributed by atoms with Gasteiger partial charge in [0.15, 0.2) is 5.69 Å². The summed E-state index contributed by atoms with van der Waals surface area (Å²) in [5, 5.41) is 10.4. The Labute approximate surface area is 157 Å². The second kappa shape index (κ2) is 8.84. The molecule has 0 radical (unpaired) electrons. The number of benzene rings is 2. The van der Waals surface area contributed by atoms with E-state index in [2.05, 4.69) is 15.6 Å². The van der Waals surface area contributed by atoms with Crippen molar-refractivity contribution < 1.29 is 18.9 Å². The first-order chi connectivity index (χ1) is 13.2. The fourth-order valence-corrected chi connectivity index (χ4v) is 2.44. The highest BCUT2D eigenvalue weighted by Gasteiger charge is 2.16. The summed E-state index contributed by atoms with van der Waals surface area (Å²) >= 11 is 0. The molecule has 1 amide bonds. The molecule has 3 aromatic rings. The fourth-order valence-electron chi connectivity index (χ4n) is 2.44. The highest BCUT2D eigenvalue weighted by Crippen LogP contribution is 2.26. The molecule has 1 N–H and O–H groups in total. The molecule has 1 heterocycles. The minimum absolute atomic E-state index is 0.260. The lowest BCUT2D eigenvalue weighted by Gasteiger charge is -2.07. The zero-order valence-corrected chi connectivity index (χ0v) is 15.3. The van der Waals surface area contributed by atoms with Crippen molar-refractivity contribution in [1.82, 2.24) is 10.3 Å². The maximum absolute atomic E-state index is 12.5. The van der Waals surface area contributed by atoms with Crippen LogP contribution in [0.25, 0.3) is 11.3 Å². The zero-order valence-electron chi connectivity index (χ0n) is 15.3. The van der Waals surface area contributed by atoms with Gasteiger partial charge in [-0.3, -0.25) is 4.79 Å². The number of anilines is 1. The summed E-state index contributed by atoms with van der Waals surface area (Å²) in [5.41, 5.74) is 1.70. The number of carbonyl (C=O) groups is 1. The highest BCUT2D eigenvalue weighted by atomic mass is 16.6. The zero-order chi connectivity index (χ0) is 19.1. The van der Waals surface area contributed by atoms with Crippen molar-refractivity contribution in [1.29, 1.82) is 0 Å². The maximum Gasteiger partial charge on any atom is 0.256 e. The minimum Gasteiger partial charge on any atom is -0.494 e. The van der Waals surface area contributed by atoms with E-state index in [0.29, 0.717) is 24.5 Å². The van der Waals surface area contributed by atoms with Gasteiger partial charge in [-0.25, -0.2) is 4.63 Å². The van der Waals surface area contributed by atoms with Gasteiger partial charge in [0, 0.05) is 11.1 Å². The summed E-state index contributed by atoms with van der Waals surface area (Å²) < 4.78 is 15.8. The van der Waals surface area contributed by atoms with Crippen LogP contribution in [0.1, 0.15) is 30.6 Å². The topological polar surface area (TPSA) is 86.5 Å². The second-order valence-corrected chi connectivity index (χ2v) is 5.75. The molecule has 7 heteroatoms. The van der Waals surface area contributed by atoms with Crippen molar-refractivity contribution in [3.8, 4) is 22.8 Å². The van der Waals surface area contributed by atoms with E-state index in [1.54, 1.807) is 24.3 Å². The van der Waals surface area contributed by atoms with Gasteiger partial charge in [-0.2, -0.15) is 0 Å². The van der Waals surface area contributed by atoms with E-state index in [4.69, 9.17) is 14.1 Å². The van der Waals surface area contributed by atoms with Gasteiger partial charge in [-0.05, 0) is 72.2 Å². The smallest absolute Gasteiger partial charge is 0.256 e. The Morgan fingerprint density at radius 3 is 2.30 bits per heavy atom. The van der Waals surface area contributed by atoms with E-state index in [0.717, 1.165) is 23.5 Å². The van der Waals surface area contributed by atoms with Crippen LogP contribution in [0.15, 0.2) is 53.2 Å². The Morgan fingerprint density at radius 1 is 0.963 bits per heavy atom. The third-order valence-corrected chi connectivity index (χ3v) is 3.75. The molecule has 1 aromatic heterocycles. The van der Waals surface area contributed by atoms with Gasteiger partial charge in [-0.15, -0.1) is 0 Å². The standard InChI is InChI=1S/C20H21N3O4/c1-3-13-26-17-11-7-15(8-12-17)20(24)21-19-18(22-27-23-19)14-5-9-16(10-6-14)25-4-2/h5-12H,3-4,13H2,1-2H3,(H,21,23,24). The molecule has 27 heavy (non-hydrogen) atoms. The van der Waals surface area contributed by atoms with Crippen molar-refractivity contribution in [2.24, 2.45) is 0 Å². The second-order valence-electron chi connectivity index (χ2n) is 5.75. The van der Waals surface area contributed by atoms with Crippen LogP contribution in [-0.2, 0) is 0 Å². The van der Waals surface area contributed by atoms with Crippen LogP contribution in [0.3, 0.4) is 0 Å². The van der Waals surface area contributed by atoms with Gasteiger partial charge >= 0.3 is 0 Å². The number of nitrogens with one attached hydrogen (secondary N) is 1. The van der Waals surface area contributed by atoms with Gasteiger partial charge in [0.05, 0.1) is 13.2 Å². The molecule has 7 nitrogen and oxygen atoms in total. The van der Waals surface area contributed by atoms with Crippen LogP contribution in [0.4, 0.5) is 5.82 Å². The Morgan fingerprint density at radius 2 is 1.63 bits per heavy atom. The van der Waals surface area contributed by atoms with Gasteiger partial charge in [-0.1, -0.05) is 6.92 Å². The molecule has 0 atom stereocenters.